The molecular formula is C11H8BrNO3. The molecule has 1 aromatic rings. The first-order chi connectivity index (χ1) is 7.75. The highest BCUT2D eigenvalue weighted by molar-refractivity contribution is 9.10. The molecule has 0 atom stereocenters. The van der Waals surface area contributed by atoms with Crippen LogP contribution in [0, 0.1) is 0 Å². The molecule has 0 bridgehead atoms. The highest BCUT2D eigenvalue weighted by Gasteiger charge is 2.46. The van der Waals surface area contributed by atoms with Crippen LogP contribution in [0.3, 0.4) is 0 Å². The van der Waals surface area contributed by atoms with E-state index in [9.17, 15) is 4.79 Å². The highest BCUT2D eigenvalue weighted by Crippen LogP contribution is 2.53. The molecule has 1 aromatic carbocycles. The van der Waals surface area contributed by atoms with Gasteiger partial charge in [0.15, 0.2) is 11.5 Å². The average Bonchev–Trinajstić information content (AvgIpc) is 2.89. The number of hydrogen-bond donors (Lipinski definition) is 0. The number of hydrogen-bond acceptors (Lipinski definition) is 4. The predicted octanol–water partition coefficient (Wildman–Crippen LogP) is 2.50. The van der Waals surface area contributed by atoms with Crippen molar-refractivity contribution in [3.8, 4) is 11.5 Å². The Kier molecular flexibility index (Phi) is 2.06. The van der Waals surface area contributed by atoms with Gasteiger partial charge in [0.2, 0.25) is 12.9 Å². The molecular weight excluding hydrogens is 274 g/mol. The molecule has 1 saturated carbocycles. The lowest BCUT2D eigenvalue weighted by atomic mass is 10.1. The van der Waals surface area contributed by atoms with Crippen LogP contribution in [-0.2, 0) is 10.3 Å². The first kappa shape index (κ1) is 9.87. The zero-order chi connectivity index (χ0) is 11.2. The first-order valence-electron chi connectivity index (χ1n) is 4.94. The molecule has 2 aliphatic rings. The van der Waals surface area contributed by atoms with Gasteiger partial charge in [-0.1, -0.05) is 15.9 Å². The summed E-state index contributed by atoms with van der Waals surface area (Å²) >= 11 is 3.47. The maximum atomic E-state index is 10.4. The van der Waals surface area contributed by atoms with E-state index in [0.29, 0.717) is 5.75 Å². The van der Waals surface area contributed by atoms with Crippen LogP contribution in [0.25, 0.3) is 0 Å². The molecule has 0 N–H and O–H groups in total. The minimum absolute atomic E-state index is 0.245. The molecule has 0 radical (unpaired) electrons. The standard InChI is InChI=1S/C11H8BrNO3/c12-8-4-10-9(15-6-16-10)3-7(8)11(1-2-11)13-5-14/h3-4H,1-2,6H2. The van der Waals surface area contributed by atoms with Gasteiger partial charge in [-0.05, 0) is 30.5 Å². The molecule has 16 heavy (non-hydrogen) atoms. The third-order valence-electron chi connectivity index (χ3n) is 2.95. The van der Waals surface area contributed by atoms with Crippen LogP contribution in [-0.4, -0.2) is 12.9 Å². The summed E-state index contributed by atoms with van der Waals surface area (Å²) in [4.78, 5) is 14.3. The Labute approximate surface area is 100 Å². The van der Waals surface area contributed by atoms with Crippen LogP contribution in [0.4, 0.5) is 0 Å². The second kappa shape index (κ2) is 3.34. The predicted molar refractivity (Wildman–Crippen MR) is 59.3 cm³/mol. The monoisotopic (exact) mass is 281 g/mol. The lowest BCUT2D eigenvalue weighted by Crippen LogP contribution is -2.03. The number of nitrogens with zero attached hydrogens (tertiary/aromatic N) is 1. The van der Waals surface area contributed by atoms with E-state index in [4.69, 9.17) is 9.47 Å². The molecule has 1 aliphatic carbocycles. The first-order valence-corrected chi connectivity index (χ1v) is 5.73. The van der Waals surface area contributed by atoms with Gasteiger partial charge in [-0.15, -0.1) is 0 Å². The summed E-state index contributed by atoms with van der Waals surface area (Å²) in [5.74, 6) is 1.44. The summed E-state index contributed by atoms with van der Waals surface area (Å²) in [7, 11) is 0. The normalized spacial score (nSPS) is 19.1. The fourth-order valence-electron chi connectivity index (χ4n) is 1.92. The maximum Gasteiger partial charge on any atom is 0.235 e. The number of isocyanates is 1. The van der Waals surface area contributed by atoms with E-state index in [1.54, 1.807) is 6.08 Å². The number of halogens is 1. The Hall–Kier alpha value is -1.32. The second-order valence-electron chi connectivity index (χ2n) is 3.92. The van der Waals surface area contributed by atoms with E-state index in [0.717, 1.165) is 28.6 Å². The SMILES string of the molecule is O=C=NC1(c2cc3c(cc2Br)OCO3)CC1. The average molecular weight is 282 g/mol. The number of ether oxygens (including phenoxy) is 2. The van der Waals surface area contributed by atoms with Crippen LogP contribution in [0.1, 0.15) is 18.4 Å². The smallest absolute Gasteiger partial charge is 0.235 e. The largest absolute Gasteiger partial charge is 0.454 e. The molecule has 3 rings (SSSR count). The number of carbonyl (C=O) groups excluding carboxylic acids is 1. The van der Waals surface area contributed by atoms with Crippen LogP contribution >= 0.6 is 15.9 Å². The molecule has 1 aliphatic heterocycles. The molecule has 0 spiro atoms. The van der Waals surface area contributed by atoms with Crippen molar-refractivity contribution >= 4 is 22.0 Å². The summed E-state index contributed by atoms with van der Waals surface area (Å²) in [6, 6.07) is 3.75. The quantitative estimate of drug-likeness (QED) is 0.618. The lowest BCUT2D eigenvalue weighted by molar-refractivity contribution is 0.174. The van der Waals surface area contributed by atoms with Gasteiger partial charge in [0.25, 0.3) is 0 Å². The molecule has 0 aromatic heterocycles. The Morgan fingerprint density at radius 3 is 2.62 bits per heavy atom. The van der Waals surface area contributed by atoms with Gasteiger partial charge in [0.05, 0.1) is 5.54 Å². The van der Waals surface area contributed by atoms with E-state index in [1.807, 2.05) is 12.1 Å². The van der Waals surface area contributed by atoms with Gasteiger partial charge in [-0.25, -0.2) is 4.79 Å². The van der Waals surface area contributed by atoms with Crippen molar-refractivity contribution < 1.29 is 14.3 Å². The molecule has 82 valence electrons. The van der Waals surface area contributed by atoms with Gasteiger partial charge in [0.1, 0.15) is 0 Å². The zero-order valence-corrected chi connectivity index (χ0v) is 9.91. The van der Waals surface area contributed by atoms with Crippen molar-refractivity contribution in [1.29, 1.82) is 0 Å². The summed E-state index contributed by atoms with van der Waals surface area (Å²) < 4.78 is 11.5. The fourth-order valence-corrected chi connectivity index (χ4v) is 2.61. The van der Waals surface area contributed by atoms with E-state index >= 15 is 0 Å². The molecule has 0 amide bonds. The number of benzene rings is 1. The number of rotatable bonds is 2. The van der Waals surface area contributed by atoms with Gasteiger partial charge < -0.3 is 9.47 Å². The van der Waals surface area contributed by atoms with Gasteiger partial charge in [-0.2, -0.15) is 4.99 Å². The fraction of sp³-hybridized carbons (Fsp3) is 0.364. The zero-order valence-electron chi connectivity index (χ0n) is 8.33. The van der Waals surface area contributed by atoms with Crippen molar-refractivity contribution in [2.24, 2.45) is 4.99 Å². The Balaban J connectivity index is 2.11. The molecule has 4 nitrogen and oxygen atoms in total. The van der Waals surface area contributed by atoms with Crippen molar-refractivity contribution in [3.05, 3.63) is 22.2 Å². The third-order valence-corrected chi connectivity index (χ3v) is 3.60. The third kappa shape index (κ3) is 1.36. The summed E-state index contributed by atoms with van der Waals surface area (Å²) in [6.07, 6.45) is 3.40. The van der Waals surface area contributed by atoms with E-state index < -0.39 is 0 Å². The van der Waals surface area contributed by atoms with Crippen LogP contribution < -0.4 is 9.47 Å². The van der Waals surface area contributed by atoms with Crippen molar-refractivity contribution in [3.63, 3.8) is 0 Å². The van der Waals surface area contributed by atoms with E-state index in [2.05, 4.69) is 20.9 Å². The molecule has 5 heteroatoms. The summed E-state index contributed by atoms with van der Waals surface area (Å²) in [6.45, 7) is 0.245. The van der Waals surface area contributed by atoms with Crippen LogP contribution in [0.15, 0.2) is 21.6 Å². The van der Waals surface area contributed by atoms with Gasteiger partial charge >= 0.3 is 0 Å². The minimum Gasteiger partial charge on any atom is -0.454 e. The number of fused-ring (bicyclic) bond motifs is 1. The summed E-state index contributed by atoms with van der Waals surface area (Å²) in [5.41, 5.74) is 0.585. The second-order valence-corrected chi connectivity index (χ2v) is 4.77. The maximum absolute atomic E-state index is 10.4. The summed E-state index contributed by atoms with van der Waals surface area (Å²) in [5, 5.41) is 0. The Morgan fingerprint density at radius 2 is 2.00 bits per heavy atom. The molecule has 1 fully saturated rings. The minimum atomic E-state index is -0.387. The van der Waals surface area contributed by atoms with Crippen molar-refractivity contribution in [1.82, 2.24) is 0 Å². The topological polar surface area (TPSA) is 47.9 Å². The van der Waals surface area contributed by atoms with E-state index in [1.165, 1.54) is 0 Å². The van der Waals surface area contributed by atoms with Crippen LogP contribution in [0.2, 0.25) is 0 Å². The Bertz CT molecular complexity index is 504. The van der Waals surface area contributed by atoms with Gasteiger partial charge in [0, 0.05) is 4.47 Å². The molecule has 1 heterocycles. The highest BCUT2D eigenvalue weighted by atomic mass is 79.9. The van der Waals surface area contributed by atoms with Crippen molar-refractivity contribution in [2.45, 2.75) is 18.4 Å². The van der Waals surface area contributed by atoms with Crippen molar-refractivity contribution in [2.75, 3.05) is 6.79 Å². The Morgan fingerprint density at radius 1 is 1.31 bits per heavy atom. The van der Waals surface area contributed by atoms with E-state index in [-0.39, 0.29) is 12.3 Å². The molecule has 0 unspecified atom stereocenters. The molecule has 0 saturated heterocycles. The van der Waals surface area contributed by atoms with Gasteiger partial charge in [-0.3, -0.25) is 0 Å². The lowest BCUT2D eigenvalue weighted by Gasteiger charge is -2.11. The number of aliphatic imine (C=N–C) groups is 1. The van der Waals surface area contributed by atoms with Crippen LogP contribution in [0.5, 0.6) is 11.5 Å².